The van der Waals surface area contributed by atoms with Gasteiger partial charge in [0.1, 0.15) is 17.8 Å². The number of ether oxygens (including phenoxy) is 1. The lowest BCUT2D eigenvalue weighted by molar-refractivity contribution is -0.107. The van der Waals surface area contributed by atoms with E-state index in [2.05, 4.69) is 16.4 Å². The molecule has 1 aromatic heterocycles. The van der Waals surface area contributed by atoms with Gasteiger partial charge in [-0.15, -0.1) is 0 Å². The van der Waals surface area contributed by atoms with E-state index in [-0.39, 0.29) is 23.6 Å². The maximum Gasteiger partial charge on any atom is 0.253 e. The van der Waals surface area contributed by atoms with Crippen LogP contribution in [0.5, 0.6) is 11.5 Å². The third-order valence-corrected chi connectivity index (χ3v) is 9.77. The number of benzene rings is 4. The first kappa shape index (κ1) is 39.5. The summed E-state index contributed by atoms with van der Waals surface area (Å²) in [6, 6.07) is 24.2. The zero-order valence-electron chi connectivity index (χ0n) is 31.3. The number of anilines is 2. The van der Waals surface area contributed by atoms with Crippen LogP contribution in [-0.2, 0) is 17.6 Å². The van der Waals surface area contributed by atoms with Crippen molar-refractivity contribution in [1.82, 2.24) is 9.88 Å². The van der Waals surface area contributed by atoms with Crippen molar-refractivity contribution in [3.05, 3.63) is 124 Å². The molecule has 5 N–H and O–H groups in total. The van der Waals surface area contributed by atoms with E-state index in [0.717, 1.165) is 83.7 Å². The van der Waals surface area contributed by atoms with Crippen LogP contribution in [0, 0.1) is 6.92 Å². The van der Waals surface area contributed by atoms with Gasteiger partial charge in [-0.25, -0.2) is 0 Å². The van der Waals surface area contributed by atoms with E-state index in [9.17, 15) is 24.6 Å². The molecule has 0 spiro atoms. The average Bonchev–Trinajstić information content (AvgIpc) is 3.16. The fourth-order valence-electron chi connectivity index (χ4n) is 6.82. The number of unbranched alkanes of at least 4 members (excludes halogenated alkanes) is 5. The number of phenolic OH excluding ortho intramolecular Hbond substituents is 1. The summed E-state index contributed by atoms with van der Waals surface area (Å²) in [6.07, 6.45) is 8.84. The van der Waals surface area contributed by atoms with Gasteiger partial charge < -0.3 is 35.7 Å². The number of phenols is 1. The molecule has 0 aliphatic rings. The third-order valence-electron chi connectivity index (χ3n) is 9.77. The molecule has 1 heterocycles. The molecular weight excluding hydrogens is 681 g/mol. The van der Waals surface area contributed by atoms with Gasteiger partial charge >= 0.3 is 0 Å². The molecule has 0 unspecified atom stereocenters. The lowest BCUT2D eigenvalue weighted by atomic mass is 9.97. The third kappa shape index (κ3) is 10.2. The van der Waals surface area contributed by atoms with Crippen LogP contribution in [0.4, 0.5) is 11.4 Å². The molecule has 2 amide bonds. The number of aliphatic hydroxyl groups is 1. The van der Waals surface area contributed by atoms with Crippen molar-refractivity contribution in [2.75, 3.05) is 26.0 Å². The number of primary amides is 1. The standard InChI is InChI=1S/C44H50N4O6/c1-29-22-31(25-37-41(29)46-28-38(43(45)52)42(37)47-35-14-11-15-36(27-35)54-3)23-30-12-10-13-34(24-30)44(53)48(2)20-9-7-5-4-6-8-16-39(50)32-17-18-40(51)33(26-32)19-21-49/h10-15,17-18,21-22,24-28,39,50-51H,4-9,16,19-20,23H2,1-3H3,(H2,45,52)(H,46,47)/t39-/m0/s1. The summed E-state index contributed by atoms with van der Waals surface area (Å²) >= 11 is 0. The lowest BCUT2D eigenvalue weighted by Gasteiger charge is -2.18. The van der Waals surface area contributed by atoms with Gasteiger partial charge in [-0.05, 0) is 90.9 Å². The number of aliphatic hydroxyl groups excluding tert-OH is 1. The summed E-state index contributed by atoms with van der Waals surface area (Å²) in [5.41, 5.74) is 13.0. The number of carbonyl (C=O) groups is 3. The summed E-state index contributed by atoms with van der Waals surface area (Å²) in [5, 5.41) is 24.6. The molecule has 0 bridgehead atoms. The Hall–Kier alpha value is -5.74. The Kier molecular flexibility index (Phi) is 13.8. The van der Waals surface area contributed by atoms with Crippen LogP contribution in [0.2, 0.25) is 0 Å². The molecule has 0 fully saturated rings. The molecule has 0 aliphatic heterocycles. The number of pyridine rings is 1. The van der Waals surface area contributed by atoms with Crippen molar-refractivity contribution in [1.29, 1.82) is 0 Å². The van der Waals surface area contributed by atoms with Crippen LogP contribution in [0.25, 0.3) is 10.9 Å². The van der Waals surface area contributed by atoms with Crippen LogP contribution in [0.15, 0.2) is 85.1 Å². The normalized spacial score (nSPS) is 11.6. The van der Waals surface area contributed by atoms with Crippen molar-refractivity contribution < 1.29 is 29.3 Å². The number of rotatable bonds is 19. The van der Waals surface area contributed by atoms with E-state index < -0.39 is 12.0 Å². The van der Waals surface area contributed by atoms with Gasteiger partial charge in [0.05, 0.1) is 30.0 Å². The Bertz CT molecular complexity index is 2100. The Balaban J connectivity index is 1.14. The second-order valence-electron chi connectivity index (χ2n) is 13.9. The van der Waals surface area contributed by atoms with E-state index in [1.807, 2.05) is 68.6 Å². The van der Waals surface area contributed by atoms with Crippen LogP contribution in [-0.4, -0.2) is 58.9 Å². The van der Waals surface area contributed by atoms with Crippen molar-refractivity contribution in [2.24, 2.45) is 5.73 Å². The van der Waals surface area contributed by atoms with E-state index >= 15 is 0 Å². The summed E-state index contributed by atoms with van der Waals surface area (Å²) in [4.78, 5) is 43.1. The maximum atomic E-state index is 13.4. The topological polar surface area (TPSA) is 155 Å². The first-order chi connectivity index (χ1) is 26.1. The number of hydrogen-bond donors (Lipinski definition) is 4. The fourth-order valence-corrected chi connectivity index (χ4v) is 6.82. The Morgan fingerprint density at radius 2 is 1.70 bits per heavy atom. The number of aromatic nitrogens is 1. The molecule has 4 aromatic carbocycles. The van der Waals surface area contributed by atoms with E-state index in [4.69, 9.17) is 10.5 Å². The highest BCUT2D eigenvalue weighted by atomic mass is 16.5. The van der Waals surface area contributed by atoms with Gasteiger partial charge in [0.2, 0.25) is 0 Å². The molecule has 54 heavy (non-hydrogen) atoms. The second kappa shape index (κ2) is 18.8. The SMILES string of the molecule is COc1cccc(Nc2c(C(N)=O)cnc3c(C)cc(Cc4cccc(C(=O)N(C)CCCCCCCC[C@H](O)c5ccc(O)c(CC=O)c5)c4)cc23)c1. The number of aromatic hydroxyl groups is 1. The molecule has 282 valence electrons. The second-order valence-corrected chi connectivity index (χ2v) is 13.9. The quantitative estimate of drug-likeness (QED) is 0.0493. The molecular formula is C44H50N4O6. The van der Waals surface area contributed by atoms with Gasteiger partial charge in [0.15, 0.2) is 0 Å². The number of aldehydes is 1. The molecule has 0 radical (unpaired) electrons. The zero-order valence-corrected chi connectivity index (χ0v) is 31.3. The predicted octanol–water partition coefficient (Wildman–Crippen LogP) is 7.97. The minimum absolute atomic E-state index is 0.0221. The van der Waals surface area contributed by atoms with Crippen molar-refractivity contribution in [3.8, 4) is 11.5 Å². The van der Waals surface area contributed by atoms with Crippen LogP contribution < -0.4 is 15.8 Å². The van der Waals surface area contributed by atoms with Crippen LogP contribution >= 0.6 is 0 Å². The molecule has 0 saturated heterocycles. The van der Waals surface area contributed by atoms with Crippen LogP contribution in [0.1, 0.15) is 99.6 Å². The summed E-state index contributed by atoms with van der Waals surface area (Å²) in [7, 11) is 3.44. The fraction of sp³-hybridized carbons (Fsp3) is 0.318. The number of hydrogen-bond acceptors (Lipinski definition) is 8. The van der Waals surface area contributed by atoms with Crippen molar-refractivity contribution >= 4 is 40.4 Å². The molecule has 5 rings (SSSR count). The summed E-state index contributed by atoms with van der Waals surface area (Å²) < 4.78 is 5.38. The Labute approximate surface area is 317 Å². The number of carbonyl (C=O) groups excluding carboxylic acids is 3. The first-order valence-electron chi connectivity index (χ1n) is 18.5. The number of amides is 2. The Morgan fingerprint density at radius 1 is 0.944 bits per heavy atom. The van der Waals surface area contributed by atoms with Gasteiger partial charge in [0.25, 0.3) is 11.8 Å². The van der Waals surface area contributed by atoms with Gasteiger partial charge in [-0.1, -0.05) is 62.4 Å². The first-order valence-corrected chi connectivity index (χ1v) is 18.5. The number of nitrogens with zero attached hydrogens (tertiary/aromatic N) is 2. The smallest absolute Gasteiger partial charge is 0.253 e. The zero-order chi connectivity index (χ0) is 38.6. The molecule has 10 nitrogen and oxygen atoms in total. The minimum atomic E-state index is -0.625. The number of aryl methyl sites for hydroxylation is 1. The van der Waals surface area contributed by atoms with E-state index in [1.54, 1.807) is 24.1 Å². The van der Waals surface area contributed by atoms with Crippen molar-refractivity contribution in [2.45, 2.75) is 70.8 Å². The highest BCUT2D eigenvalue weighted by Crippen LogP contribution is 2.33. The lowest BCUT2D eigenvalue weighted by Crippen LogP contribution is -2.27. The summed E-state index contributed by atoms with van der Waals surface area (Å²) in [6.45, 7) is 2.65. The van der Waals surface area contributed by atoms with E-state index in [1.165, 1.54) is 12.3 Å². The monoisotopic (exact) mass is 730 g/mol. The van der Waals surface area contributed by atoms with Gasteiger partial charge in [0, 0.05) is 54.5 Å². The molecule has 10 heteroatoms. The minimum Gasteiger partial charge on any atom is -0.508 e. The molecule has 5 aromatic rings. The summed E-state index contributed by atoms with van der Waals surface area (Å²) in [5.74, 6) is 0.143. The number of methoxy groups -OCH3 is 1. The average molecular weight is 731 g/mol. The van der Waals surface area contributed by atoms with Crippen molar-refractivity contribution in [3.63, 3.8) is 0 Å². The predicted molar refractivity (Wildman–Crippen MR) is 213 cm³/mol. The highest BCUT2D eigenvalue weighted by Gasteiger charge is 2.17. The van der Waals surface area contributed by atoms with Crippen LogP contribution in [0.3, 0.4) is 0 Å². The molecule has 0 aliphatic carbocycles. The maximum absolute atomic E-state index is 13.4. The number of nitrogens with two attached hydrogens (primary N) is 1. The molecule has 1 atom stereocenters. The number of fused-ring (bicyclic) bond motifs is 1. The molecule has 0 saturated carbocycles. The van der Waals surface area contributed by atoms with E-state index in [0.29, 0.717) is 42.0 Å². The largest absolute Gasteiger partial charge is 0.508 e. The Morgan fingerprint density at radius 3 is 2.46 bits per heavy atom. The highest BCUT2D eigenvalue weighted by molar-refractivity contribution is 6.08. The van der Waals surface area contributed by atoms with Gasteiger partial charge in [-0.3, -0.25) is 14.6 Å². The number of nitrogens with one attached hydrogen (secondary N) is 1. The van der Waals surface area contributed by atoms with Gasteiger partial charge in [-0.2, -0.15) is 0 Å².